The Morgan fingerprint density at radius 3 is 2.30 bits per heavy atom. The molecule has 0 aliphatic carbocycles. The molecule has 4 nitrogen and oxygen atoms in total. The number of nitrogens with one attached hydrogen (secondary N) is 2. The van der Waals surface area contributed by atoms with Crippen LogP contribution >= 0.6 is 0 Å². The molecule has 0 saturated heterocycles. The van der Waals surface area contributed by atoms with Crippen molar-refractivity contribution in [3.8, 4) is 11.3 Å². The molecule has 2 heterocycles. The Kier molecular flexibility index (Phi) is 4.67. The summed E-state index contributed by atoms with van der Waals surface area (Å²) in [7, 11) is 0. The molecule has 2 N–H and O–H groups in total. The standard InChI is InChI=1S/C22H16N4.V/c1-2-8-15(9-3-1)20-14-21(16-10-4-6-12-18(16)23-20)24-22-17-11-5-7-13-19(17)25-26-22;/h1-14H,(H2,23,24,25,26);. The van der Waals surface area contributed by atoms with E-state index in [0.29, 0.717) is 0 Å². The molecule has 1 radical (unpaired) electrons. The van der Waals surface area contributed by atoms with Gasteiger partial charge in [-0.2, -0.15) is 5.10 Å². The van der Waals surface area contributed by atoms with Crippen LogP contribution < -0.4 is 5.32 Å². The summed E-state index contributed by atoms with van der Waals surface area (Å²) in [6.45, 7) is 0. The van der Waals surface area contributed by atoms with Gasteiger partial charge in [0.05, 0.1) is 22.4 Å². The molecule has 3 aromatic carbocycles. The number of aromatic amines is 1. The molecule has 5 heteroatoms. The van der Waals surface area contributed by atoms with Crippen molar-refractivity contribution in [3.05, 3.63) is 84.9 Å². The molecule has 0 fully saturated rings. The second-order valence-electron chi connectivity index (χ2n) is 6.18. The first-order chi connectivity index (χ1) is 12.9. The summed E-state index contributed by atoms with van der Waals surface area (Å²) in [5.74, 6) is 0.816. The zero-order chi connectivity index (χ0) is 17.3. The molecule has 0 spiro atoms. The van der Waals surface area contributed by atoms with Crippen LogP contribution in [0.3, 0.4) is 0 Å². The first-order valence-corrected chi connectivity index (χ1v) is 8.54. The molecule has 0 amide bonds. The second-order valence-corrected chi connectivity index (χ2v) is 6.18. The van der Waals surface area contributed by atoms with Crippen LogP contribution in [0.2, 0.25) is 0 Å². The van der Waals surface area contributed by atoms with Gasteiger partial charge in [0, 0.05) is 34.9 Å². The Balaban J connectivity index is 0.00000180. The van der Waals surface area contributed by atoms with Crippen LogP contribution in [0.15, 0.2) is 84.9 Å². The number of para-hydroxylation sites is 2. The number of rotatable bonds is 3. The summed E-state index contributed by atoms with van der Waals surface area (Å²) >= 11 is 0. The van der Waals surface area contributed by atoms with Crippen molar-refractivity contribution in [2.24, 2.45) is 0 Å². The predicted molar refractivity (Wildman–Crippen MR) is 107 cm³/mol. The van der Waals surface area contributed by atoms with Crippen LogP contribution in [0.4, 0.5) is 11.5 Å². The van der Waals surface area contributed by atoms with E-state index in [4.69, 9.17) is 4.98 Å². The molecule has 0 aliphatic rings. The first-order valence-electron chi connectivity index (χ1n) is 8.54. The van der Waals surface area contributed by atoms with Crippen LogP contribution in [0.5, 0.6) is 0 Å². The minimum atomic E-state index is 0. The zero-order valence-electron chi connectivity index (χ0n) is 14.4. The van der Waals surface area contributed by atoms with E-state index in [-0.39, 0.29) is 18.6 Å². The number of nitrogens with zero attached hydrogens (tertiary/aromatic N) is 2. The summed E-state index contributed by atoms with van der Waals surface area (Å²) in [6.07, 6.45) is 0. The summed E-state index contributed by atoms with van der Waals surface area (Å²) in [4.78, 5) is 4.83. The van der Waals surface area contributed by atoms with Gasteiger partial charge >= 0.3 is 0 Å². The van der Waals surface area contributed by atoms with Gasteiger partial charge in [-0.1, -0.05) is 60.7 Å². The van der Waals surface area contributed by atoms with Gasteiger partial charge in [0.15, 0.2) is 5.82 Å². The maximum Gasteiger partial charge on any atom is 0.160 e. The maximum absolute atomic E-state index is 4.83. The predicted octanol–water partition coefficient (Wildman–Crippen LogP) is 5.52. The monoisotopic (exact) mass is 387 g/mol. The molecule has 0 aliphatic heterocycles. The molecule has 0 unspecified atom stereocenters. The Hall–Kier alpha value is -3.08. The van der Waals surface area contributed by atoms with E-state index in [1.165, 1.54) is 0 Å². The van der Waals surface area contributed by atoms with Crippen LogP contribution in [0, 0.1) is 0 Å². The number of fused-ring (bicyclic) bond motifs is 2. The van der Waals surface area contributed by atoms with Crippen molar-refractivity contribution in [2.75, 3.05) is 5.32 Å². The number of pyridine rings is 1. The van der Waals surface area contributed by atoms with Crippen LogP contribution in [-0.2, 0) is 18.6 Å². The minimum Gasteiger partial charge on any atom is -0.338 e. The number of H-pyrrole nitrogens is 1. The molecule has 0 bridgehead atoms. The van der Waals surface area contributed by atoms with Crippen LogP contribution in [-0.4, -0.2) is 15.2 Å². The molecular weight excluding hydrogens is 371 g/mol. The summed E-state index contributed by atoms with van der Waals surface area (Å²) in [6, 6.07) is 28.6. The van der Waals surface area contributed by atoms with Gasteiger partial charge in [0.1, 0.15) is 0 Å². The van der Waals surface area contributed by atoms with E-state index in [9.17, 15) is 0 Å². The third-order valence-corrected chi connectivity index (χ3v) is 4.51. The van der Waals surface area contributed by atoms with Gasteiger partial charge < -0.3 is 5.32 Å². The summed E-state index contributed by atoms with van der Waals surface area (Å²) in [5.41, 5.74) is 4.99. The van der Waals surface area contributed by atoms with Crippen LogP contribution in [0.25, 0.3) is 33.1 Å². The maximum atomic E-state index is 4.83. The number of benzene rings is 3. The topological polar surface area (TPSA) is 53.6 Å². The van der Waals surface area contributed by atoms with Crippen molar-refractivity contribution >= 4 is 33.3 Å². The quantitative estimate of drug-likeness (QED) is 0.429. The van der Waals surface area contributed by atoms with E-state index >= 15 is 0 Å². The molecule has 27 heavy (non-hydrogen) atoms. The number of hydrogen-bond acceptors (Lipinski definition) is 3. The van der Waals surface area contributed by atoms with Gasteiger partial charge in [-0.3, -0.25) is 5.10 Å². The van der Waals surface area contributed by atoms with Gasteiger partial charge in [-0.15, -0.1) is 0 Å². The average Bonchev–Trinajstić information content (AvgIpc) is 3.11. The van der Waals surface area contributed by atoms with Crippen molar-refractivity contribution in [3.63, 3.8) is 0 Å². The summed E-state index contributed by atoms with van der Waals surface area (Å²) < 4.78 is 0. The molecule has 2 aromatic heterocycles. The summed E-state index contributed by atoms with van der Waals surface area (Å²) in [5, 5.41) is 13.1. The molecule has 5 rings (SSSR count). The van der Waals surface area contributed by atoms with Crippen LogP contribution in [0.1, 0.15) is 0 Å². The number of hydrogen-bond donors (Lipinski definition) is 2. The van der Waals surface area contributed by atoms with Gasteiger partial charge in [0.25, 0.3) is 0 Å². The molecule has 129 valence electrons. The Morgan fingerprint density at radius 2 is 1.44 bits per heavy atom. The molecule has 0 saturated carbocycles. The van der Waals surface area contributed by atoms with E-state index in [0.717, 1.165) is 44.6 Å². The average molecular weight is 387 g/mol. The Bertz CT molecular complexity index is 1210. The van der Waals surface area contributed by atoms with Crippen molar-refractivity contribution in [1.29, 1.82) is 0 Å². The largest absolute Gasteiger partial charge is 0.338 e. The first kappa shape index (κ1) is 17.3. The van der Waals surface area contributed by atoms with Gasteiger partial charge in [-0.05, 0) is 24.3 Å². The van der Waals surface area contributed by atoms with Crippen molar-refractivity contribution < 1.29 is 18.6 Å². The molecular formula is C22H16N4V. The smallest absolute Gasteiger partial charge is 0.160 e. The minimum absolute atomic E-state index is 0. The van der Waals surface area contributed by atoms with Gasteiger partial charge in [-0.25, -0.2) is 4.98 Å². The van der Waals surface area contributed by atoms with Crippen molar-refractivity contribution in [2.45, 2.75) is 0 Å². The van der Waals surface area contributed by atoms with Crippen molar-refractivity contribution in [1.82, 2.24) is 15.2 Å². The number of anilines is 2. The fourth-order valence-electron chi connectivity index (χ4n) is 3.22. The fraction of sp³-hybridized carbons (Fsp3) is 0. The van der Waals surface area contributed by atoms with E-state index in [1.54, 1.807) is 0 Å². The Morgan fingerprint density at radius 1 is 0.741 bits per heavy atom. The third-order valence-electron chi connectivity index (χ3n) is 4.51. The zero-order valence-corrected chi connectivity index (χ0v) is 15.8. The SMILES string of the molecule is [V].c1ccc(-c2cc(Nc3n[nH]c4ccccc34)c3ccccc3n2)cc1. The van der Waals surface area contributed by atoms with E-state index in [2.05, 4.69) is 45.8 Å². The Labute approximate surface area is 168 Å². The van der Waals surface area contributed by atoms with E-state index < -0.39 is 0 Å². The normalized spacial score (nSPS) is 10.7. The number of aromatic nitrogens is 3. The molecule has 5 aromatic rings. The van der Waals surface area contributed by atoms with E-state index in [1.807, 2.05) is 54.6 Å². The second kappa shape index (κ2) is 7.27. The molecule has 0 atom stereocenters. The third kappa shape index (κ3) is 3.21. The fourth-order valence-corrected chi connectivity index (χ4v) is 3.22. The van der Waals surface area contributed by atoms with Gasteiger partial charge in [0.2, 0.25) is 0 Å².